The van der Waals surface area contributed by atoms with Gasteiger partial charge in [0.25, 0.3) is 0 Å². The van der Waals surface area contributed by atoms with Crippen LogP contribution in [0, 0.1) is 0 Å². The molecule has 0 bridgehead atoms. The Kier molecular flexibility index (Phi) is 5.63. The molecule has 1 unspecified atom stereocenters. The van der Waals surface area contributed by atoms with Gasteiger partial charge >= 0.3 is 155 Å². The van der Waals surface area contributed by atoms with Crippen molar-refractivity contribution in [3.63, 3.8) is 0 Å². The number of aliphatic hydroxyl groups is 1. The standard InChI is InChI=1S/C20H23AsO4/c1-20(2)24-13-16-10-15(8-9-19(16)25-20)18(23)11-21-17(12-22)14-6-4-3-5-7-14/h3-10,17,21-22H,11-13H2,1-2H3/t17-/m1/s1. The van der Waals surface area contributed by atoms with Crippen LogP contribution in [-0.2, 0) is 11.3 Å². The fourth-order valence-electron chi connectivity index (χ4n) is 2.80. The third kappa shape index (κ3) is 4.52. The molecule has 0 radical (unpaired) electrons. The number of benzene rings is 2. The van der Waals surface area contributed by atoms with Gasteiger partial charge in [-0.3, -0.25) is 0 Å². The molecular weight excluding hydrogens is 379 g/mol. The summed E-state index contributed by atoms with van der Waals surface area (Å²) in [6, 6.07) is 15.5. The summed E-state index contributed by atoms with van der Waals surface area (Å²) in [6.45, 7) is 4.29. The van der Waals surface area contributed by atoms with E-state index in [0.29, 0.717) is 17.4 Å². The zero-order valence-electron chi connectivity index (χ0n) is 14.5. The molecule has 0 aromatic heterocycles. The molecule has 1 aliphatic heterocycles. The van der Waals surface area contributed by atoms with Gasteiger partial charge in [-0.2, -0.15) is 0 Å². The van der Waals surface area contributed by atoms with E-state index < -0.39 is 21.5 Å². The van der Waals surface area contributed by atoms with Gasteiger partial charge in [-0.05, 0) is 0 Å². The van der Waals surface area contributed by atoms with Crippen molar-refractivity contribution in [3.05, 3.63) is 65.2 Å². The number of ketones is 1. The van der Waals surface area contributed by atoms with Crippen molar-refractivity contribution in [1.82, 2.24) is 0 Å². The van der Waals surface area contributed by atoms with E-state index >= 15 is 0 Å². The Labute approximate surface area is 154 Å². The molecule has 2 atom stereocenters. The summed E-state index contributed by atoms with van der Waals surface area (Å²) in [5, 5.41) is 10.2. The molecule has 2 aromatic rings. The number of hydrogen-bond acceptors (Lipinski definition) is 4. The normalized spacial score (nSPS) is 17.1. The quantitative estimate of drug-likeness (QED) is 0.596. The molecule has 5 heteroatoms. The number of carbonyl (C=O) groups excluding carboxylic acids is 1. The van der Waals surface area contributed by atoms with Crippen molar-refractivity contribution in [2.45, 2.75) is 36.2 Å². The van der Waals surface area contributed by atoms with Crippen LogP contribution in [0.1, 0.15) is 40.0 Å². The van der Waals surface area contributed by atoms with Crippen molar-refractivity contribution in [2.75, 3.05) is 6.61 Å². The third-order valence-electron chi connectivity index (χ3n) is 4.21. The first-order valence-electron chi connectivity index (χ1n) is 8.37. The zero-order valence-corrected chi connectivity index (χ0v) is 16.6. The first-order chi connectivity index (χ1) is 12.0. The van der Waals surface area contributed by atoms with E-state index in [-0.39, 0.29) is 17.1 Å². The van der Waals surface area contributed by atoms with Crippen LogP contribution < -0.4 is 4.74 Å². The number of ether oxygens (including phenoxy) is 2. The maximum absolute atomic E-state index is 12.6. The van der Waals surface area contributed by atoms with Crippen LogP contribution in [0.15, 0.2) is 48.5 Å². The van der Waals surface area contributed by atoms with E-state index in [4.69, 9.17) is 9.47 Å². The van der Waals surface area contributed by atoms with Gasteiger partial charge in [-0.25, -0.2) is 0 Å². The van der Waals surface area contributed by atoms with Crippen LogP contribution in [0.25, 0.3) is 0 Å². The first-order valence-corrected chi connectivity index (χ1v) is 11.1. The van der Waals surface area contributed by atoms with Crippen molar-refractivity contribution >= 4 is 21.5 Å². The number of Topliss-reactive ketones (excluding diaryl/α,β-unsaturated/α-hetero) is 1. The monoisotopic (exact) mass is 402 g/mol. The molecule has 132 valence electrons. The van der Waals surface area contributed by atoms with Crippen LogP contribution >= 0.6 is 0 Å². The summed E-state index contributed by atoms with van der Waals surface area (Å²) < 4.78 is 11.5. The van der Waals surface area contributed by atoms with E-state index in [9.17, 15) is 9.90 Å². The van der Waals surface area contributed by atoms with Crippen LogP contribution in [0.4, 0.5) is 0 Å². The maximum atomic E-state index is 12.6. The predicted octanol–water partition coefficient (Wildman–Crippen LogP) is 3.10. The molecule has 0 fully saturated rings. The second-order valence-electron chi connectivity index (χ2n) is 6.56. The summed E-state index contributed by atoms with van der Waals surface area (Å²) in [5.41, 5.74) is 2.72. The average molecular weight is 402 g/mol. The predicted molar refractivity (Wildman–Crippen MR) is 98.5 cm³/mol. The minimum absolute atomic E-state index is 0.0955. The molecule has 0 amide bonds. The molecule has 0 saturated heterocycles. The van der Waals surface area contributed by atoms with E-state index in [0.717, 1.165) is 16.9 Å². The molecule has 3 rings (SSSR count). The fourth-order valence-corrected chi connectivity index (χ4v) is 5.31. The van der Waals surface area contributed by atoms with E-state index in [2.05, 4.69) is 0 Å². The van der Waals surface area contributed by atoms with E-state index in [1.165, 1.54) is 0 Å². The van der Waals surface area contributed by atoms with Crippen molar-refractivity contribution < 1.29 is 19.4 Å². The topological polar surface area (TPSA) is 55.8 Å². The first kappa shape index (κ1) is 18.2. The molecule has 2 aromatic carbocycles. The Balaban J connectivity index is 1.66. The Hall–Kier alpha value is -1.61. The Morgan fingerprint density at radius 2 is 2.00 bits per heavy atom. The summed E-state index contributed by atoms with van der Waals surface area (Å²) in [6.07, 6.45) is 0. The second-order valence-corrected chi connectivity index (χ2v) is 9.62. The average Bonchev–Trinajstić information content (AvgIpc) is 2.62. The van der Waals surface area contributed by atoms with Gasteiger partial charge < -0.3 is 0 Å². The van der Waals surface area contributed by atoms with Crippen LogP contribution in [0.2, 0.25) is 5.21 Å². The Bertz CT molecular complexity index is 743. The molecule has 1 aliphatic rings. The molecule has 0 saturated carbocycles. The van der Waals surface area contributed by atoms with Crippen LogP contribution in [0.5, 0.6) is 5.75 Å². The SMILES string of the molecule is CC1(C)OCc2cc(C(=O)C[AsH][C@H](CO)c3ccccc3)ccc2O1. The van der Waals surface area contributed by atoms with Crippen molar-refractivity contribution in [1.29, 1.82) is 0 Å². The molecule has 25 heavy (non-hydrogen) atoms. The molecule has 1 heterocycles. The summed E-state index contributed by atoms with van der Waals surface area (Å²) >= 11 is -0.625. The van der Waals surface area contributed by atoms with Gasteiger partial charge in [0.2, 0.25) is 0 Å². The van der Waals surface area contributed by atoms with Crippen molar-refractivity contribution in [3.8, 4) is 5.75 Å². The number of rotatable bonds is 6. The molecule has 0 aliphatic carbocycles. The summed E-state index contributed by atoms with van der Waals surface area (Å²) in [4.78, 5) is 12.6. The summed E-state index contributed by atoms with van der Waals surface area (Å²) in [7, 11) is 0. The van der Waals surface area contributed by atoms with Gasteiger partial charge in [0, 0.05) is 0 Å². The number of fused-ring (bicyclic) bond motifs is 1. The van der Waals surface area contributed by atoms with E-state index in [1.54, 1.807) is 0 Å². The van der Waals surface area contributed by atoms with Gasteiger partial charge in [-0.1, -0.05) is 0 Å². The van der Waals surface area contributed by atoms with Gasteiger partial charge in [0.05, 0.1) is 0 Å². The number of aliphatic hydroxyl groups excluding tert-OH is 1. The Morgan fingerprint density at radius 3 is 2.72 bits per heavy atom. The Morgan fingerprint density at radius 1 is 1.24 bits per heavy atom. The molecule has 4 nitrogen and oxygen atoms in total. The van der Waals surface area contributed by atoms with Crippen LogP contribution in [0.3, 0.4) is 0 Å². The van der Waals surface area contributed by atoms with Gasteiger partial charge in [-0.15, -0.1) is 0 Å². The number of hydrogen-bond donors (Lipinski definition) is 1. The number of carbonyl (C=O) groups is 1. The van der Waals surface area contributed by atoms with Gasteiger partial charge in [0.15, 0.2) is 0 Å². The minimum atomic E-state index is -0.630. The fraction of sp³-hybridized carbons (Fsp3) is 0.350. The summed E-state index contributed by atoms with van der Waals surface area (Å²) in [5.74, 6) is 0.276. The second kappa shape index (κ2) is 7.73. The van der Waals surface area contributed by atoms with E-state index in [1.807, 2.05) is 62.4 Å². The zero-order chi connectivity index (χ0) is 17.9. The molecule has 0 spiro atoms. The molecular formula is C20H23AsO4. The third-order valence-corrected chi connectivity index (χ3v) is 7.43. The van der Waals surface area contributed by atoms with Crippen molar-refractivity contribution in [2.24, 2.45) is 0 Å². The van der Waals surface area contributed by atoms with Crippen LogP contribution in [-0.4, -0.2) is 39.0 Å². The molecule has 1 N–H and O–H groups in total. The van der Waals surface area contributed by atoms with Gasteiger partial charge in [0.1, 0.15) is 0 Å².